The van der Waals surface area contributed by atoms with Crippen LogP contribution in [0.2, 0.25) is 0 Å². The molecule has 0 spiro atoms. The van der Waals surface area contributed by atoms with Crippen molar-refractivity contribution in [1.29, 1.82) is 0 Å². The molecule has 0 aromatic carbocycles. The molecule has 2 rings (SSSR count). The number of rotatable bonds is 5. The van der Waals surface area contributed by atoms with Crippen LogP contribution < -0.4 is 11.1 Å². The third kappa shape index (κ3) is 2.53. The summed E-state index contributed by atoms with van der Waals surface area (Å²) in [5.74, 6) is -0.200. The Kier molecular flexibility index (Phi) is 4.25. The number of nitrogens with two attached hydrogens (primary N) is 1. The molecule has 1 saturated carbocycles. The van der Waals surface area contributed by atoms with Crippen molar-refractivity contribution in [3.8, 4) is 0 Å². The van der Waals surface area contributed by atoms with Crippen LogP contribution in [0.15, 0.2) is 0 Å². The molecule has 0 bridgehead atoms. The van der Waals surface area contributed by atoms with Crippen LogP contribution in [0.5, 0.6) is 0 Å². The lowest BCUT2D eigenvalue weighted by Gasteiger charge is -2.29. The van der Waals surface area contributed by atoms with E-state index in [0.29, 0.717) is 12.1 Å². The molecule has 1 heterocycles. The summed E-state index contributed by atoms with van der Waals surface area (Å²) in [7, 11) is 1.77. The van der Waals surface area contributed by atoms with Crippen molar-refractivity contribution in [1.82, 2.24) is 10.2 Å². The minimum absolute atomic E-state index is 0.200. The van der Waals surface area contributed by atoms with E-state index >= 15 is 0 Å². The summed E-state index contributed by atoms with van der Waals surface area (Å²) in [5, 5.41) is 3.30. The van der Waals surface area contributed by atoms with Gasteiger partial charge in [-0.05, 0) is 32.2 Å². The summed E-state index contributed by atoms with van der Waals surface area (Å²) in [6.07, 6.45) is 4.19. The lowest BCUT2D eigenvalue weighted by atomic mass is 9.96. The number of likely N-dealkylation sites (tertiary alicyclic amines) is 1. The van der Waals surface area contributed by atoms with Gasteiger partial charge in [-0.25, -0.2) is 0 Å². The highest BCUT2D eigenvalue weighted by Gasteiger charge is 2.46. The second-order valence-corrected chi connectivity index (χ2v) is 5.51. The van der Waals surface area contributed by atoms with Gasteiger partial charge >= 0.3 is 0 Å². The third-order valence-electron chi connectivity index (χ3n) is 4.50. The Morgan fingerprint density at radius 1 is 1.56 bits per heavy atom. The van der Waals surface area contributed by atoms with Gasteiger partial charge in [-0.2, -0.15) is 0 Å². The smallest absolute Gasteiger partial charge is 0.237 e. The predicted octanol–water partition coefficient (Wildman–Crippen LogP) is 0.0932. The number of methoxy groups -OCH3 is 1. The Morgan fingerprint density at radius 3 is 2.89 bits per heavy atom. The molecule has 0 radical (unpaired) electrons. The zero-order valence-electron chi connectivity index (χ0n) is 11.4. The van der Waals surface area contributed by atoms with Crippen molar-refractivity contribution in [2.45, 2.75) is 50.3 Å². The van der Waals surface area contributed by atoms with Gasteiger partial charge in [0.05, 0.1) is 11.6 Å². The normalized spacial score (nSPS) is 37.2. The fourth-order valence-electron chi connectivity index (χ4n) is 3.42. The summed E-state index contributed by atoms with van der Waals surface area (Å²) < 4.78 is 5.40. The van der Waals surface area contributed by atoms with Gasteiger partial charge in [0.15, 0.2) is 0 Å². The van der Waals surface area contributed by atoms with Crippen molar-refractivity contribution in [3.63, 3.8) is 0 Å². The van der Waals surface area contributed by atoms with Gasteiger partial charge in [-0.3, -0.25) is 9.69 Å². The molecule has 2 aliphatic rings. The monoisotopic (exact) mass is 255 g/mol. The minimum Gasteiger partial charge on any atom is -0.380 e. The Labute approximate surface area is 109 Å². The highest BCUT2D eigenvalue weighted by atomic mass is 16.5. The van der Waals surface area contributed by atoms with E-state index in [2.05, 4.69) is 10.2 Å². The highest BCUT2D eigenvalue weighted by Crippen LogP contribution is 2.34. The van der Waals surface area contributed by atoms with Crippen LogP contribution in [-0.2, 0) is 9.53 Å². The first kappa shape index (κ1) is 13.8. The number of hydrogen-bond acceptors (Lipinski definition) is 4. The van der Waals surface area contributed by atoms with Crippen molar-refractivity contribution >= 4 is 5.91 Å². The molecule has 1 amide bonds. The predicted molar refractivity (Wildman–Crippen MR) is 70.2 cm³/mol. The van der Waals surface area contributed by atoms with Gasteiger partial charge in [0, 0.05) is 26.2 Å². The second kappa shape index (κ2) is 5.55. The molecule has 5 nitrogen and oxygen atoms in total. The number of primary amides is 1. The molecule has 3 atom stereocenters. The summed E-state index contributed by atoms with van der Waals surface area (Å²) in [6.45, 7) is 4.87. The fourth-order valence-corrected chi connectivity index (χ4v) is 3.42. The fraction of sp³-hybridized carbons (Fsp3) is 0.923. The first-order valence-corrected chi connectivity index (χ1v) is 6.93. The molecule has 0 aromatic heterocycles. The molecule has 18 heavy (non-hydrogen) atoms. The van der Waals surface area contributed by atoms with Crippen LogP contribution in [0.25, 0.3) is 0 Å². The largest absolute Gasteiger partial charge is 0.380 e. The maximum atomic E-state index is 11.7. The number of amides is 1. The van der Waals surface area contributed by atoms with E-state index < -0.39 is 5.54 Å². The van der Waals surface area contributed by atoms with Crippen molar-refractivity contribution in [3.05, 3.63) is 0 Å². The van der Waals surface area contributed by atoms with Gasteiger partial charge in [0.1, 0.15) is 0 Å². The quantitative estimate of drug-likeness (QED) is 0.731. The first-order chi connectivity index (χ1) is 8.61. The standard InChI is InChI=1S/C13H25N3O2/c1-3-15-13(12(14)17)6-4-10(8-13)16-7-5-11(9-16)18-2/h10-11,15H,3-9H2,1-2H3,(H2,14,17). The Morgan fingerprint density at radius 2 is 2.33 bits per heavy atom. The number of carbonyl (C=O) groups is 1. The Balaban J connectivity index is 1.96. The number of carbonyl (C=O) groups excluding carboxylic acids is 1. The molecule has 1 aliphatic carbocycles. The molecule has 3 N–H and O–H groups in total. The van der Waals surface area contributed by atoms with Crippen LogP contribution in [-0.4, -0.2) is 55.2 Å². The van der Waals surface area contributed by atoms with Crippen LogP contribution in [0.4, 0.5) is 0 Å². The molecule has 104 valence electrons. The maximum Gasteiger partial charge on any atom is 0.237 e. The lowest BCUT2D eigenvalue weighted by Crippen LogP contribution is -2.54. The first-order valence-electron chi connectivity index (χ1n) is 6.93. The zero-order chi connectivity index (χ0) is 13.2. The molecule has 3 unspecified atom stereocenters. The van der Waals surface area contributed by atoms with Crippen LogP contribution >= 0.6 is 0 Å². The zero-order valence-corrected chi connectivity index (χ0v) is 11.4. The number of nitrogens with zero attached hydrogens (tertiary/aromatic N) is 1. The number of nitrogens with one attached hydrogen (secondary N) is 1. The average molecular weight is 255 g/mol. The summed E-state index contributed by atoms with van der Waals surface area (Å²) in [5.41, 5.74) is 5.11. The molecular weight excluding hydrogens is 230 g/mol. The van der Waals surface area contributed by atoms with Crippen LogP contribution in [0, 0.1) is 0 Å². The number of likely N-dealkylation sites (N-methyl/N-ethyl adjacent to an activating group) is 1. The van der Waals surface area contributed by atoms with Crippen LogP contribution in [0.1, 0.15) is 32.6 Å². The summed E-state index contributed by atoms with van der Waals surface area (Å²) in [6, 6.07) is 0.469. The van der Waals surface area contributed by atoms with Gasteiger partial charge in [0.25, 0.3) is 0 Å². The van der Waals surface area contributed by atoms with Gasteiger partial charge in [-0.1, -0.05) is 6.92 Å². The lowest BCUT2D eigenvalue weighted by molar-refractivity contribution is -0.124. The molecule has 1 saturated heterocycles. The average Bonchev–Trinajstić information content (AvgIpc) is 2.95. The molecule has 0 aromatic rings. The molecule has 5 heteroatoms. The number of hydrogen-bond donors (Lipinski definition) is 2. The van der Waals surface area contributed by atoms with E-state index in [1.807, 2.05) is 6.92 Å². The van der Waals surface area contributed by atoms with E-state index in [1.54, 1.807) is 7.11 Å². The van der Waals surface area contributed by atoms with Crippen molar-refractivity contribution in [2.24, 2.45) is 5.73 Å². The maximum absolute atomic E-state index is 11.7. The topological polar surface area (TPSA) is 67.6 Å². The molecular formula is C13H25N3O2. The second-order valence-electron chi connectivity index (χ2n) is 5.51. The third-order valence-corrected chi connectivity index (χ3v) is 4.50. The number of ether oxygens (including phenoxy) is 1. The van der Waals surface area contributed by atoms with E-state index in [9.17, 15) is 4.79 Å². The van der Waals surface area contributed by atoms with Crippen molar-refractivity contribution < 1.29 is 9.53 Å². The van der Waals surface area contributed by atoms with E-state index in [-0.39, 0.29) is 5.91 Å². The summed E-state index contributed by atoms with van der Waals surface area (Å²) in [4.78, 5) is 14.2. The minimum atomic E-state index is -0.482. The summed E-state index contributed by atoms with van der Waals surface area (Å²) >= 11 is 0. The SMILES string of the molecule is CCNC1(C(N)=O)CCC(N2CCC(OC)C2)C1. The van der Waals surface area contributed by atoms with Gasteiger partial charge in [0.2, 0.25) is 5.91 Å². The molecule has 2 fully saturated rings. The van der Waals surface area contributed by atoms with E-state index in [1.165, 1.54) is 0 Å². The van der Waals surface area contributed by atoms with Crippen LogP contribution in [0.3, 0.4) is 0 Å². The van der Waals surface area contributed by atoms with Crippen molar-refractivity contribution in [2.75, 3.05) is 26.7 Å². The Bertz CT molecular complexity index is 311. The van der Waals surface area contributed by atoms with Gasteiger partial charge in [-0.15, -0.1) is 0 Å². The Hall–Kier alpha value is -0.650. The van der Waals surface area contributed by atoms with E-state index in [4.69, 9.17) is 10.5 Å². The highest BCUT2D eigenvalue weighted by molar-refractivity contribution is 5.85. The van der Waals surface area contributed by atoms with Gasteiger partial charge < -0.3 is 15.8 Å². The molecule has 1 aliphatic heterocycles. The van der Waals surface area contributed by atoms with E-state index in [0.717, 1.165) is 45.3 Å².